The zero-order valence-corrected chi connectivity index (χ0v) is 9.77. The second-order valence-electron chi connectivity index (χ2n) is 4.22. The molecule has 2 aliphatic heterocycles. The van der Waals surface area contributed by atoms with Gasteiger partial charge in [-0.15, -0.1) is 11.8 Å². The van der Waals surface area contributed by atoms with Gasteiger partial charge in [0.15, 0.2) is 0 Å². The molecule has 0 aromatic carbocycles. The molecule has 0 aliphatic carbocycles. The summed E-state index contributed by atoms with van der Waals surface area (Å²) in [6.07, 6.45) is 1.68. The van der Waals surface area contributed by atoms with Crippen LogP contribution in [0.15, 0.2) is 0 Å². The van der Waals surface area contributed by atoms with E-state index in [1.807, 2.05) is 16.7 Å². The Morgan fingerprint density at radius 1 is 1.50 bits per heavy atom. The average Bonchev–Trinajstić information content (AvgIpc) is 2.44. The van der Waals surface area contributed by atoms with E-state index in [1.54, 1.807) is 0 Å². The molecule has 0 aromatic heterocycles. The number of hydrogen-bond acceptors (Lipinski definition) is 3. The summed E-state index contributed by atoms with van der Waals surface area (Å²) in [5, 5.41) is 0. The number of likely N-dealkylation sites (tertiary alicyclic amines) is 1. The van der Waals surface area contributed by atoms with Gasteiger partial charge in [0.25, 0.3) is 0 Å². The van der Waals surface area contributed by atoms with Crippen LogP contribution in [0, 0.1) is 0 Å². The van der Waals surface area contributed by atoms with Crippen LogP contribution in [0.25, 0.3) is 0 Å². The highest BCUT2D eigenvalue weighted by Gasteiger charge is 2.50. The smallest absolute Gasteiger partial charge is 0.222 e. The maximum Gasteiger partial charge on any atom is 0.222 e. The van der Waals surface area contributed by atoms with E-state index in [9.17, 15) is 4.79 Å². The number of amides is 1. The van der Waals surface area contributed by atoms with Crippen molar-refractivity contribution in [3.05, 3.63) is 0 Å². The number of nitrogens with zero attached hydrogens (tertiary/aromatic N) is 2. The van der Waals surface area contributed by atoms with Crippen LogP contribution in [0.5, 0.6) is 0 Å². The zero-order valence-electron chi connectivity index (χ0n) is 8.95. The van der Waals surface area contributed by atoms with Crippen molar-refractivity contribution in [2.24, 2.45) is 0 Å². The molecule has 0 atom stereocenters. The van der Waals surface area contributed by atoms with Gasteiger partial charge in [0.2, 0.25) is 5.91 Å². The number of carbonyl (C=O) groups is 1. The second-order valence-corrected chi connectivity index (χ2v) is 5.67. The monoisotopic (exact) mass is 214 g/mol. The molecule has 2 heterocycles. The van der Waals surface area contributed by atoms with E-state index in [0.717, 1.165) is 19.5 Å². The molecule has 2 rings (SSSR count). The lowest BCUT2D eigenvalue weighted by atomic mass is 10.1. The van der Waals surface area contributed by atoms with E-state index in [2.05, 4.69) is 18.9 Å². The van der Waals surface area contributed by atoms with Crippen molar-refractivity contribution in [2.45, 2.75) is 24.6 Å². The molecule has 0 aromatic rings. The highest BCUT2D eigenvalue weighted by Crippen LogP contribution is 2.42. The van der Waals surface area contributed by atoms with Gasteiger partial charge in [-0.25, -0.2) is 0 Å². The molecule has 2 aliphatic rings. The molecular formula is C10H18N2OS. The molecule has 0 radical (unpaired) electrons. The number of hydrogen-bond donors (Lipinski definition) is 0. The van der Waals surface area contributed by atoms with Crippen LogP contribution in [0.1, 0.15) is 19.8 Å². The lowest BCUT2D eigenvalue weighted by molar-refractivity contribution is -0.139. The van der Waals surface area contributed by atoms with Crippen molar-refractivity contribution in [1.29, 1.82) is 0 Å². The van der Waals surface area contributed by atoms with Crippen LogP contribution < -0.4 is 0 Å². The third-order valence-corrected chi connectivity index (χ3v) is 4.68. The Morgan fingerprint density at radius 2 is 2.21 bits per heavy atom. The number of likely N-dealkylation sites (N-methyl/N-ethyl adjacent to an activating group) is 1. The molecule has 2 saturated heterocycles. The summed E-state index contributed by atoms with van der Waals surface area (Å²) < 4.78 is 0. The lowest BCUT2D eigenvalue weighted by Gasteiger charge is -2.50. The van der Waals surface area contributed by atoms with Crippen molar-refractivity contribution in [1.82, 2.24) is 9.80 Å². The van der Waals surface area contributed by atoms with Crippen LogP contribution >= 0.6 is 11.8 Å². The van der Waals surface area contributed by atoms with Crippen molar-refractivity contribution in [2.75, 3.05) is 32.4 Å². The first-order chi connectivity index (χ1) is 6.68. The van der Waals surface area contributed by atoms with Crippen LogP contribution in [0.4, 0.5) is 0 Å². The third-order valence-electron chi connectivity index (χ3n) is 3.19. The summed E-state index contributed by atoms with van der Waals surface area (Å²) in [5.41, 5.74) is 0. The minimum absolute atomic E-state index is 0.281. The van der Waals surface area contributed by atoms with Gasteiger partial charge in [-0.05, 0) is 13.5 Å². The Hall–Kier alpha value is -0.220. The number of carbonyl (C=O) groups excluding carboxylic acids is 1. The molecule has 0 saturated carbocycles. The number of thioether (sulfide) groups is 1. The average molecular weight is 214 g/mol. The minimum atomic E-state index is 0.281. The number of rotatable bonds is 2. The second kappa shape index (κ2) is 3.74. The molecule has 14 heavy (non-hydrogen) atoms. The van der Waals surface area contributed by atoms with Crippen LogP contribution in [0.2, 0.25) is 0 Å². The highest BCUT2D eigenvalue weighted by atomic mass is 32.2. The first-order valence-corrected chi connectivity index (χ1v) is 6.29. The first-order valence-electron chi connectivity index (χ1n) is 5.31. The molecule has 2 fully saturated rings. The standard InChI is InChI=1S/C10H18N2OS/c1-3-4-9(13)12-7-10(8-12)11(2)5-6-14-10/h3-8H2,1-2H3. The van der Waals surface area contributed by atoms with Gasteiger partial charge in [-0.2, -0.15) is 0 Å². The van der Waals surface area contributed by atoms with E-state index < -0.39 is 0 Å². The summed E-state index contributed by atoms with van der Waals surface area (Å²) in [6, 6.07) is 0. The molecule has 3 nitrogen and oxygen atoms in total. The summed E-state index contributed by atoms with van der Waals surface area (Å²) in [5.74, 6) is 1.55. The van der Waals surface area contributed by atoms with Gasteiger partial charge in [-0.3, -0.25) is 9.69 Å². The highest BCUT2D eigenvalue weighted by molar-refractivity contribution is 8.01. The minimum Gasteiger partial charge on any atom is -0.337 e. The van der Waals surface area contributed by atoms with Gasteiger partial charge in [-0.1, -0.05) is 6.92 Å². The molecular weight excluding hydrogens is 196 g/mol. The predicted molar refractivity (Wildman–Crippen MR) is 59.3 cm³/mol. The van der Waals surface area contributed by atoms with Crippen molar-refractivity contribution >= 4 is 17.7 Å². The summed E-state index contributed by atoms with van der Waals surface area (Å²) >= 11 is 2.01. The van der Waals surface area contributed by atoms with E-state index in [4.69, 9.17) is 0 Å². The Morgan fingerprint density at radius 3 is 2.71 bits per heavy atom. The Bertz CT molecular complexity index is 238. The first kappa shape index (κ1) is 10.3. The summed E-state index contributed by atoms with van der Waals surface area (Å²) in [7, 11) is 2.17. The zero-order chi connectivity index (χ0) is 10.2. The molecule has 80 valence electrons. The SMILES string of the molecule is CCCC(=O)N1CC2(C1)SCCN2C. The molecule has 1 amide bonds. The van der Waals surface area contributed by atoms with Crippen molar-refractivity contribution in [3.8, 4) is 0 Å². The molecule has 0 unspecified atom stereocenters. The van der Waals surface area contributed by atoms with E-state index >= 15 is 0 Å². The maximum absolute atomic E-state index is 11.6. The molecule has 0 bridgehead atoms. The Labute approximate surface area is 89.8 Å². The fourth-order valence-corrected chi connectivity index (χ4v) is 3.67. The van der Waals surface area contributed by atoms with Gasteiger partial charge in [0.1, 0.15) is 4.87 Å². The molecule has 0 N–H and O–H groups in total. The van der Waals surface area contributed by atoms with E-state index in [-0.39, 0.29) is 4.87 Å². The van der Waals surface area contributed by atoms with E-state index in [0.29, 0.717) is 12.3 Å². The Kier molecular flexibility index (Phi) is 2.75. The van der Waals surface area contributed by atoms with Crippen LogP contribution in [-0.2, 0) is 4.79 Å². The van der Waals surface area contributed by atoms with Crippen molar-refractivity contribution < 1.29 is 4.79 Å². The molecule has 4 heteroatoms. The van der Waals surface area contributed by atoms with Gasteiger partial charge >= 0.3 is 0 Å². The fourth-order valence-electron chi connectivity index (χ4n) is 2.12. The largest absolute Gasteiger partial charge is 0.337 e. The third kappa shape index (κ3) is 1.54. The van der Waals surface area contributed by atoms with Crippen LogP contribution in [0.3, 0.4) is 0 Å². The van der Waals surface area contributed by atoms with E-state index in [1.165, 1.54) is 12.3 Å². The fraction of sp³-hybridized carbons (Fsp3) is 0.900. The summed E-state index contributed by atoms with van der Waals surface area (Å²) in [6.45, 7) is 5.10. The van der Waals surface area contributed by atoms with Crippen LogP contribution in [-0.4, -0.2) is 53.0 Å². The normalized spacial score (nSPS) is 25.4. The predicted octanol–water partition coefficient (Wildman–Crippen LogP) is 1.00. The van der Waals surface area contributed by atoms with Gasteiger partial charge < -0.3 is 4.90 Å². The topological polar surface area (TPSA) is 23.6 Å². The lowest BCUT2D eigenvalue weighted by Crippen LogP contribution is -2.66. The van der Waals surface area contributed by atoms with Crippen molar-refractivity contribution in [3.63, 3.8) is 0 Å². The van der Waals surface area contributed by atoms with Gasteiger partial charge in [0.05, 0.1) is 13.1 Å². The maximum atomic E-state index is 11.6. The quantitative estimate of drug-likeness (QED) is 0.685. The Balaban J connectivity index is 1.86. The van der Waals surface area contributed by atoms with Gasteiger partial charge in [0, 0.05) is 18.7 Å². The molecule has 1 spiro atoms. The summed E-state index contributed by atoms with van der Waals surface area (Å²) in [4.78, 5) is 16.2.